The van der Waals surface area contributed by atoms with E-state index in [9.17, 15) is 0 Å². The van der Waals surface area contributed by atoms with Crippen molar-refractivity contribution in [3.05, 3.63) is 51.6 Å². The van der Waals surface area contributed by atoms with Gasteiger partial charge in [0.05, 0.1) is 16.3 Å². The zero-order valence-electron chi connectivity index (χ0n) is 9.04. The molecule has 84 valence electrons. The number of benzene rings is 1. The van der Waals surface area contributed by atoms with Crippen molar-refractivity contribution >= 4 is 23.2 Å². The van der Waals surface area contributed by atoms with Crippen LogP contribution in [0.5, 0.6) is 0 Å². The summed E-state index contributed by atoms with van der Waals surface area (Å²) in [5.41, 5.74) is 2.81. The maximum atomic E-state index is 8.85. The Labute approximate surface area is 109 Å². The van der Waals surface area contributed by atoms with Crippen LogP contribution >= 0.6 is 23.2 Å². The molecule has 1 heterocycles. The second kappa shape index (κ2) is 4.75. The number of pyridine rings is 1. The topological polar surface area (TPSA) is 36.7 Å². The minimum atomic E-state index is 0.384. The molecule has 0 aliphatic rings. The Bertz CT molecular complexity index is 615. The summed E-state index contributed by atoms with van der Waals surface area (Å²) in [6, 6.07) is 9.38. The van der Waals surface area contributed by atoms with E-state index >= 15 is 0 Å². The van der Waals surface area contributed by atoms with Gasteiger partial charge >= 0.3 is 0 Å². The highest BCUT2D eigenvalue weighted by atomic mass is 35.5. The molecule has 0 spiro atoms. The van der Waals surface area contributed by atoms with Crippen molar-refractivity contribution in [3.8, 4) is 17.3 Å². The third-order valence-electron chi connectivity index (χ3n) is 2.46. The second-order valence-electron chi connectivity index (χ2n) is 3.58. The van der Waals surface area contributed by atoms with Gasteiger partial charge < -0.3 is 0 Å². The van der Waals surface area contributed by atoms with Crippen LogP contribution < -0.4 is 0 Å². The number of halogens is 2. The fraction of sp³-hybridized carbons (Fsp3) is 0.0769. The number of aromatic nitrogens is 1. The molecule has 2 rings (SSSR count). The van der Waals surface area contributed by atoms with Crippen molar-refractivity contribution < 1.29 is 0 Å². The lowest BCUT2D eigenvalue weighted by atomic mass is 10.1. The Kier molecular flexibility index (Phi) is 3.33. The minimum Gasteiger partial charge on any atom is -0.254 e. The van der Waals surface area contributed by atoms with Gasteiger partial charge in [0.2, 0.25) is 0 Å². The first-order valence-electron chi connectivity index (χ1n) is 4.94. The Morgan fingerprint density at radius 1 is 1.29 bits per heavy atom. The summed E-state index contributed by atoms with van der Waals surface area (Å²) in [5.74, 6) is 0. The van der Waals surface area contributed by atoms with Gasteiger partial charge in [-0.05, 0) is 24.6 Å². The number of hydrogen-bond acceptors (Lipinski definition) is 2. The highest BCUT2D eigenvalue weighted by Gasteiger charge is 2.11. The molecule has 2 aromatic rings. The maximum absolute atomic E-state index is 8.85. The van der Waals surface area contributed by atoms with Gasteiger partial charge in [0.25, 0.3) is 0 Å². The van der Waals surface area contributed by atoms with E-state index in [2.05, 4.69) is 4.98 Å². The van der Waals surface area contributed by atoms with Crippen LogP contribution in [0.25, 0.3) is 11.3 Å². The molecule has 4 heteroatoms. The molecule has 0 unspecified atom stereocenters. The third kappa shape index (κ3) is 2.26. The normalized spacial score (nSPS) is 10.0. The monoisotopic (exact) mass is 262 g/mol. The largest absolute Gasteiger partial charge is 0.254 e. The van der Waals surface area contributed by atoms with Gasteiger partial charge in [0.1, 0.15) is 6.07 Å². The second-order valence-corrected chi connectivity index (χ2v) is 4.40. The average molecular weight is 263 g/mol. The zero-order valence-corrected chi connectivity index (χ0v) is 10.5. The summed E-state index contributed by atoms with van der Waals surface area (Å²) in [7, 11) is 0. The highest BCUT2D eigenvalue weighted by molar-refractivity contribution is 6.33. The molecule has 0 radical (unpaired) electrons. The van der Waals surface area contributed by atoms with Gasteiger partial charge in [-0.15, -0.1) is 0 Å². The first-order chi connectivity index (χ1) is 8.13. The van der Waals surface area contributed by atoms with Gasteiger partial charge in [-0.25, -0.2) is 0 Å². The summed E-state index contributed by atoms with van der Waals surface area (Å²) in [4.78, 5) is 4.26. The van der Waals surface area contributed by atoms with Crippen molar-refractivity contribution in [2.75, 3.05) is 0 Å². The first-order valence-corrected chi connectivity index (χ1v) is 5.70. The molecule has 0 N–H and O–H groups in total. The Hall–Kier alpha value is -1.56. The van der Waals surface area contributed by atoms with Crippen LogP contribution in [0.4, 0.5) is 0 Å². The van der Waals surface area contributed by atoms with E-state index in [1.807, 2.05) is 31.2 Å². The predicted octanol–water partition coefficient (Wildman–Crippen LogP) is 4.24. The van der Waals surface area contributed by atoms with E-state index in [4.69, 9.17) is 28.5 Å². The van der Waals surface area contributed by atoms with Crippen LogP contribution in [0.3, 0.4) is 0 Å². The Morgan fingerprint density at radius 3 is 2.71 bits per heavy atom. The quantitative estimate of drug-likeness (QED) is 0.771. The van der Waals surface area contributed by atoms with Gasteiger partial charge in [0.15, 0.2) is 0 Å². The summed E-state index contributed by atoms with van der Waals surface area (Å²) >= 11 is 12.0. The smallest absolute Gasteiger partial charge is 0.102 e. The highest BCUT2D eigenvalue weighted by Crippen LogP contribution is 2.29. The first kappa shape index (κ1) is 11.9. The van der Waals surface area contributed by atoms with Crippen LogP contribution in [0.2, 0.25) is 10.0 Å². The summed E-state index contributed by atoms with van der Waals surface area (Å²) in [6.45, 7) is 1.84. The molecular formula is C13H8Cl2N2. The van der Waals surface area contributed by atoms with Crippen molar-refractivity contribution in [1.29, 1.82) is 5.26 Å². The van der Waals surface area contributed by atoms with Crippen LogP contribution in [0, 0.1) is 18.3 Å². The van der Waals surface area contributed by atoms with Crippen LogP contribution in [-0.2, 0) is 0 Å². The van der Waals surface area contributed by atoms with Gasteiger partial charge in [-0.3, -0.25) is 4.98 Å². The lowest BCUT2D eigenvalue weighted by Crippen LogP contribution is -1.92. The summed E-state index contributed by atoms with van der Waals surface area (Å²) in [5, 5.41) is 9.94. The zero-order chi connectivity index (χ0) is 12.4. The molecule has 1 aromatic carbocycles. The third-order valence-corrected chi connectivity index (χ3v) is 3.18. The fourth-order valence-electron chi connectivity index (χ4n) is 1.59. The minimum absolute atomic E-state index is 0.384. The molecule has 1 aromatic heterocycles. The Balaban J connectivity index is 2.62. The van der Waals surface area contributed by atoms with E-state index in [1.165, 1.54) is 6.20 Å². The van der Waals surface area contributed by atoms with E-state index in [0.29, 0.717) is 15.6 Å². The molecule has 0 bridgehead atoms. The maximum Gasteiger partial charge on any atom is 0.102 e. The van der Waals surface area contributed by atoms with Crippen LogP contribution in [0.15, 0.2) is 30.5 Å². The van der Waals surface area contributed by atoms with E-state index in [0.717, 1.165) is 16.8 Å². The van der Waals surface area contributed by atoms with Gasteiger partial charge in [0, 0.05) is 16.8 Å². The average Bonchev–Trinajstić information content (AvgIpc) is 2.32. The van der Waals surface area contributed by atoms with Crippen molar-refractivity contribution in [2.45, 2.75) is 6.92 Å². The molecule has 0 amide bonds. The number of hydrogen-bond donors (Lipinski definition) is 0. The molecule has 2 nitrogen and oxygen atoms in total. The van der Waals surface area contributed by atoms with E-state index in [-0.39, 0.29) is 0 Å². The Morgan fingerprint density at radius 2 is 2.06 bits per heavy atom. The molecule has 0 atom stereocenters. The molecule has 0 aliphatic carbocycles. The molecule has 0 saturated carbocycles. The fourth-order valence-corrected chi connectivity index (χ4v) is 1.96. The number of nitriles is 1. The SMILES string of the molecule is Cc1c(-c2cccc(Cl)c2)ncc(C#N)c1Cl. The molecule has 17 heavy (non-hydrogen) atoms. The molecule has 0 saturated heterocycles. The van der Waals surface area contributed by atoms with Crippen molar-refractivity contribution in [2.24, 2.45) is 0 Å². The lowest BCUT2D eigenvalue weighted by molar-refractivity contribution is 1.25. The van der Waals surface area contributed by atoms with Gasteiger partial charge in [-0.2, -0.15) is 5.26 Å². The summed E-state index contributed by atoms with van der Waals surface area (Å²) in [6.07, 6.45) is 1.48. The lowest BCUT2D eigenvalue weighted by Gasteiger charge is -2.08. The number of nitrogens with zero attached hydrogens (tertiary/aromatic N) is 2. The predicted molar refractivity (Wildman–Crippen MR) is 69.1 cm³/mol. The van der Waals surface area contributed by atoms with E-state index < -0.39 is 0 Å². The van der Waals surface area contributed by atoms with Crippen molar-refractivity contribution in [3.63, 3.8) is 0 Å². The van der Waals surface area contributed by atoms with Crippen LogP contribution in [0.1, 0.15) is 11.1 Å². The standard InChI is InChI=1S/C13H8Cl2N2/c1-8-12(15)10(6-16)7-17-13(8)9-3-2-4-11(14)5-9/h2-5,7H,1H3. The van der Waals surface area contributed by atoms with Gasteiger partial charge in [-0.1, -0.05) is 35.3 Å². The molecule has 0 aliphatic heterocycles. The molecule has 0 fully saturated rings. The van der Waals surface area contributed by atoms with Crippen molar-refractivity contribution in [1.82, 2.24) is 4.98 Å². The molecular weight excluding hydrogens is 255 g/mol. The van der Waals surface area contributed by atoms with Crippen LogP contribution in [-0.4, -0.2) is 4.98 Å². The summed E-state index contributed by atoms with van der Waals surface area (Å²) < 4.78 is 0. The van der Waals surface area contributed by atoms with E-state index in [1.54, 1.807) is 6.07 Å². The number of rotatable bonds is 1.